The number of anilines is 1. The predicted molar refractivity (Wildman–Crippen MR) is 43.1 cm³/mol. The molecule has 1 rings (SSSR count). The molecule has 0 atom stereocenters. The summed E-state index contributed by atoms with van der Waals surface area (Å²) in [6.07, 6.45) is -2.93. The van der Waals surface area contributed by atoms with Gasteiger partial charge in [-0.15, -0.1) is 0 Å². The highest BCUT2D eigenvalue weighted by Crippen LogP contribution is 2.19. The minimum absolute atomic E-state index is 0.458. The molecule has 1 aromatic rings. The number of hydrogen-bond donors (Lipinski definition) is 2. The lowest BCUT2D eigenvalue weighted by Crippen LogP contribution is -2.13. The minimum Gasteiger partial charge on any atom is -0.379 e. The van der Waals surface area contributed by atoms with Gasteiger partial charge in [-0.25, -0.2) is 8.78 Å². The number of nitro groups is 1. The van der Waals surface area contributed by atoms with Crippen LogP contribution in [0.3, 0.4) is 0 Å². The number of alkyl halides is 2. The lowest BCUT2D eigenvalue weighted by molar-refractivity contribution is -0.385. The van der Waals surface area contributed by atoms with E-state index in [0.717, 1.165) is 0 Å². The summed E-state index contributed by atoms with van der Waals surface area (Å²) >= 11 is 0. The molecule has 0 saturated carbocycles. The number of nitrogens with two attached hydrogens (primary N) is 1. The molecule has 0 radical (unpaired) electrons. The van der Waals surface area contributed by atoms with Gasteiger partial charge in [0.2, 0.25) is 0 Å². The molecule has 0 unspecified atom stereocenters. The fraction of sp³-hybridized carbons (Fsp3) is 0.167. The highest BCUT2D eigenvalue weighted by molar-refractivity contribution is 5.52. The molecule has 76 valence electrons. The average Bonchev–Trinajstić information content (AvgIpc) is 2.01. The van der Waals surface area contributed by atoms with E-state index in [4.69, 9.17) is 5.73 Å². The van der Waals surface area contributed by atoms with Crippen LogP contribution in [0, 0.1) is 10.1 Å². The summed E-state index contributed by atoms with van der Waals surface area (Å²) < 4.78 is 24.1. The first-order valence-electron chi connectivity index (χ1n) is 3.38. The van der Waals surface area contributed by atoms with E-state index in [9.17, 15) is 23.7 Å². The first-order chi connectivity index (χ1) is 6.43. The van der Waals surface area contributed by atoms with Crippen LogP contribution in [0.2, 0.25) is 0 Å². The molecule has 0 fully saturated rings. The molecule has 0 spiro atoms. The molecule has 0 bridgehead atoms. The molecule has 0 saturated heterocycles. The summed E-state index contributed by atoms with van der Waals surface area (Å²) in [5.41, 5.74) is 2.23. The molecule has 0 aromatic carbocycles. The van der Waals surface area contributed by atoms with Crippen molar-refractivity contribution in [3.63, 3.8) is 0 Å². The van der Waals surface area contributed by atoms with Gasteiger partial charge in [0.05, 0.1) is 10.6 Å². The number of halogens is 2. The van der Waals surface area contributed by atoms with Crippen molar-refractivity contribution in [2.45, 2.75) is 6.43 Å². The van der Waals surface area contributed by atoms with Crippen LogP contribution >= 0.6 is 0 Å². The van der Waals surface area contributed by atoms with Crippen molar-refractivity contribution in [1.82, 2.24) is 4.98 Å². The van der Waals surface area contributed by atoms with Crippen molar-refractivity contribution in [3.8, 4) is 0 Å². The number of nitrogen functional groups attached to an aromatic ring is 1. The maximum absolute atomic E-state index is 12.1. The number of pyridine rings is 1. The van der Waals surface area contributed by atoms with Gasteiger partial charge in [-0.05, 0) is 0 Å². The molecule has 3 N–H and O–H groups in total. The van der Waals surface area contributed by atoms with Crippen molar-refractivity contribution in [2.75, 3.05) is 5.73 Å². The smallest absolute Gasteiger partial charge is 0.355 e. The maximum Gasteiger partial charge on any atom is 0.355 e. The van der Waals surface area contributed by atoms with Gasteiger partial charge in [-0.3, -0.25) is 14.9 Å². The van der Waals surface area contributed by atoms with E-state index >= 15 is 0 Å². The molecule has 8 heteroatoms. The van der Waals surface area contributed by atoms with E-state index in [-0.39, 0.29) is 0 Å². The van der Waals surface area contributed by atoms with Gasteiger partial charge < -0.3 is 10.7 Å². The van der Waals surface area contributed by atoms with Gasteiger partial charge in [-0.1, -0.05) is 0 Å². The second kappa shape index (κ2) is 3.40. The molecule has 0 aliphatic heterocycles. The lowest BCUT2D eigenvalue weighted by Gasteiger charge is -2.01. The van der Waals surface area contributed by atoms with E-state index in [1.54, 1.807) is 0 Å². The third-order valence-electron chi connectivity index (χ3n) is 1.47. The highest BCUT2D eigenvalue weighted by atomic mass is 19.3. The van der Waals surface area contributed by atoms with E-state index in [2.05, 4.69) is 0 Å². The average molecular weight is 205 g/mol. The summed E-state index contributed by atoms with van der Waals surface area (Å²) in [5.74, 6) is -0.669. The zero-order valence-corrected chi connectivity index (χ0v) is 6.66. The molecule has 0 aliphatic carbocycles. The Labute approximate surface area is 75.5 Å². The number of rotatable bonds is 2. The van der Waals surface area contributed by atoms with Gasteiger partial charge in [0.25, 0.3) is 11.9 Å². The van der Waals surface area contributed by atoms with Crippen LogP contribution in [0.5, 0.6) is 0 Å². The zero-order chi connectivity index (χ0) is 10.9. The summed E-state index contributed by atoms with van der Waals surface area (Å²) in [6.45, 7) is 0. The number of H-pyrrole nitrogens is 1. The van der Waals surface area contributed by atoms with Gasteiger partial charge >= 0.3 is 5.69 Å². The van der Waals surface area contributed by atoms with Crippen LogP contribution in [0.25, 0.3) is 0 Å². The third kappa shape index (κ3) is 1.68. The van der Waals surface area contributed by atoms with Gasteiger partial charge in [-0.2, -0.15) is 0 Å². The van der Waals surface area contributed by atoms with Crippen molar-refractivity contribution in [1.29, 1.82) is 0 Å². The Morgan fingerprint density at radius 3 is 2.50 bits per heavy atom. The number of nitrogens with one attached hydrogen (secondary N) is 1. The van der Waals surface area contributed by atoms with Crippen molar-refractivity contribution in [3.05, 3.63) is 32.1 Å². The standard InChI is InChI=1S/C6H5F2N3O3/c7-5(8)2-1-3(12)4(11(13)14)6(9)10-2/h1,5H,(H3,9,10,12). The van der Waals surface area contributed by atoms with Crippen molar-refractivity contribution in [2.24, 2.45) is 0 Å². The predicted octanol–water partition coefficient (Wildman–Crippen LogP) is 0.803. The molecule has 14 heavy (non-hydrogen) atoms. The first-order valence-corrected chi connectivity index (χ1v) is 3.38. The van der Waals surface area contributed by atoms with E-state index < -0.39 is 34.0 Å². The minimum atomic E-state index is -2.93. The normalized spacial score (nSPS) is 10.5. The fourth-order valence-corrected chi connectivity index (χ4v) is 0.899. The second-order valence-electron chi connectivity index (χ2n) is 2.41. The largest absolute Gasteiger partial charge is 0.379 e. The molecular weight excluding hydrogens is 200 g/mol. The summed E-state index contributed by atoms with van der Waals surface area (Å²) in [6, 6.07) is 0.458. The molecular formula is C6H5F2N3O3. The van der Waals surface area contributed by atoms with Crippen LogP contribution in [0.15, 0.2) is 10.9 Å². The molecule has 0 amide bonds. The Kier molecular flexibility index (Phi) is 2.45. The van der Waals surface area contributed by atoms with Gasteiger partial charge in [0.1, 0.15) is 0 Å². The third-order valence-corrected chi connectivity index (χ3v) is 1.47. The van der Waals surface area contributed by atoms with E-state index in [1.807, 2.05) is 4.98 Å². The molecule has 6 nitrogen and oxygen atoms in total. The molecule has 1 aromatic heterocycles. The summed E-state index contributed by atoms with van der Waals surface area (Å²) in [4.78, 5) is 22.0. The van der Waals surface area contributed by atoms with E-state index in [1.165, 1.54) is 0 Å². The van der Waals surface area contributed by atoms with Crippen LogP contribution in [-0.4, -0.2) is 9.91 Å². The Hall–Kier alpha value is -1.99. The number of aromatic amines is 1. The zero-order valence-electron chi connectivity index (χ0n) is 6.66. The first kappa shape index (κ1) is 10.1. The van der Waals surface area contributed by atoms with Crippen LogP contribution in [0.1, 0.15) is 12.1 Å². The lowest BCUT2D eigenvalue weighted by atomic mass is 10.3. The Morgan fingerprint density at radius 2 is 2.14 bits per heavy atom. The van der Waals surface area contributed by atoms with Crippen LogP contribution in [-0.2, 0) is 0 Å². The quantitative estimate of drug-likeness (QED) is 0.550. The number of nitrogens with zero attached hydrogens (tertiary/aromatic N) is 1. The van der Waals surface area contributed by atoms with Crippen molar-refractivity contribution >= 4 is 11.5 Å². The van der Waals surface area contributed by atoms with Crippen molar-refractivity contribution < 1.29 is 13.7 Å². The van der Waals surface area contributed by atoms with E-state index in [0.29, 0.717) is 6.07 Å². The Balaban J connectivity index is 3.40. The number of hydrogen-bond acceptors (Lipinski definition) is 4. The molecule has 1 heterocycles. The molecule has 0 aliphatic rings. The van der Waals surface area contributed by atoms with Gasteiger partial charge in [0.15, 0.2) is 5.82 Å². The number of aromatic nitrogens is 1. The summed E-state index contributed by atoms with van der Waals surface area (Å²) in [7, 11) is 0. The van der Waals surface area contributed by atoms with Gasteiger partial charge in [0, 0.05) is 6.07 Å². The maximum atomic E-state index is 12.1. The Morgan fingerprint density at radius 1 is 1.57 bits per heavy atom. The highest BCUT2D eigenvalue weighted by Gasteiger charge is 2.20. The fourth-order valence-electron chi connectivity index (χ4n) is 0.899. The second-order valence-corrected chi connectivity index (χ2v) is 2.41. The van der Waals surface area contributed by atoms with Crippen LogP contribution in [0.4, 0.5) is 20.3 Å². The Bertz CT molecular complexity index is 429. The van der Waals surface area contributed by atoms with Crippen LogP contribution < -0.4 is 11.2 Å². The SMILES string of the molecule is Nc1[nH]c(C(F)F)cc(=O)c1[N+](=O)[O-]. The topological polar surface area (TPSA) is 102 Å². The summed E-state index contributed by atoms with van der Waals surface area (Å²) in [5, 5.41) is 10.2. The monoisotopic (exact) mass is 205 g/mol.